The molecule has 1 fully saturated rings. The number of likely N-dealkylation sites (tertiary alicyclic amines) is 1. The van der Waals surface area contributed by atoms with Crippen molar-refractivity contribution in [1.82, 2.24) is 10.2 Å². The highest BCUT2D eigenvalue weighted by Crippen LogP contribution is 2.15. The number of hydrogen-bond donors (Lipinski definition) is 2. The maximum Gasteiger partial charge on any atom is 0.251 e. The van der Waals surface area contributed by atoms with Gasteiger partial charge in [-0.15, -0.1) is 0 Å². The Kier molecular flexibility index (Phi) is 4.80. The maximum absolute atomic E-state index is 12.0. The van der Waals surface area contributed by atoms with Gasteiger partial charge in [-0.25, -0.2) is 0 Å². The topological polar surface area (TPSA) is 52.6 Å². The molecular formula is C15H22N2O2. The van der Waals surface area contributed by atoms with E-state index in [0.29, 0.717) is 12.1 Å². The Labute approximate surface area is 114 Å². The highest BCUT2D eigenvalue weighted by Gasteiger charge is 2.12. The maximum atomic E-state index is 12.0. The summed E-state index contributed by atoms with van der Waals surface area (Å²) in [5.74, 6) is 0.136. The Bertz CT molecular complexity index is 440. The van der Waals surface area contributed by atoms with Gasteiger partial charge in [0.2, 0.25) is 0 Å². The van der Waals surface area contributed by atoms with Crippen molar-refractivity contribution >= 4 is 5.91 Å². The first kappa shape index (κ1) is 13.9. The number of hydrogen-bond acceptors (Lipinski definition) is 3. The summed E-state index contributed by atoms with van der Waals surface area (Å²) in [5.41, 5.74) is 1.44. The molecule has 0 unspecified atom stereocenters. The summed E-state index contributed by atoms with van der Waals surface area (Å²) in [4.78, 5) is 14.4. The molecule has 0 bridgehead atoms. The van der Waals surface area contributed by atoms with E-state index in [4.69, 9.17) is 0 Å². The van der Waals surface area contributed by atoms with Crippen LogP contribution in [-0.2, 0) is 0 Å². The van der Waals surface area contributed by atoms with E-state index in [1.165, 1.54) is 19.3 Å². The highest BCUT2D eigenvalue weighted by molar-refractivity contribution is 5.95. The minimum atomic E-state index is -0.0606. The Hall–Kier alpha value is -1.55. The van der Waals surface area contributed by atoms with Gasteiger partial charge in [0, 0.05) is 18.7 Å². The van der Waals surface area contributed by atoms with E-state index < -0.39 is 0 Å². The molecule has 1 saturated heterocycles. The lowest BCUT2D eigenvalue weighted by Crippen LogP contribution is -2.37. The second-order valence-electron chi connectivity index (χ2n) is 5.16. The number of carbonyl (C=O) groups is 1. The van der Waals surface area contributed by atoms with Crippen molar-refractivity contribution in [3.8, 4) is 5.75 Å². The molecule has 4 heteroatoms. The van der Waals surface area contributed by atoms with Gasteiger partial charge in [0.25, 0.3) is 5.91 Å². The molecule has 1 amide bonds. The smallest absolute Gasteiger partial charge is 0.251 e. The SMILES string of the molecule is Cc1cc(O)ccc1C(=O)NCCN1CCCCC1. The molecule has 1 heterocycles. The van der Waals surface area contributed by atoms with E-state index >= 15 is 0 Å². The second-order valence-corrected chi connectivity index (χ2v) is 5.16. The molecule has 2 N–H and O–H groups in total. The molecule has 104 valence electrons. The van der Waals surface area contributed by atoms with Crippen LogP contribution in [0, 0.1) is 6.92 Å². The van der Waals surface area contributed by atoms with Gasteiger partial charge in [0.05, 0.1) is 0 Å². The minimum absolute atomic E-state index is 0.0606. The summed E-state index contributed by atoms with van der Waals surface area (Å²) in [5, 5.41) is 12.3. The Morgan fingerprint density at radius 2 is 2.05 bits per heavy atom. The number of rotatable bonds is 4. The molecule has 0 spiro atoms. The third-order valence-electron chi connectivity index (χ3n) is 3.62. The van der Waals surface area contributed by atoms with Crippen LogP contribution in [0.3, 0.4) is 0 Å². The number of benzene rings is 1. The standard InChI is InChI=1S/C15H22N2O2/c1-12-11-13(18)5-6-14(12)15(19)16-7-10-17-8-3-2-4-9-17/h5-6,11,18H,2-4,7-10H2,1H3,(H,16,19). The van der Waals surface area contributed by atoms with Crippen molar-refractivity contribution in [2.45, 2.75) is 26.2 Å². The third kappa shape index (κ3) is 3.96. The number of amides is 1. The normalized spacial score (nSPS) is 16.3. The molecule has 0 radical (unpaired) electrons. The molecule has 1 aliphatic rings. The molecule has 1 aliphatic heterocycles. The number of aromatic hydroxyl groups is 1. The zero-order chi connectivity index (χ0) is 13.7. The van der Waals surface area contributed by atoms with E-state index in [-0.39, 0.29) is 11.7 Å². The van der Waals surface area contributed by atoms with Gasteiger partial charge in [0.15, 0.2) is 0 Å². The minimum Gasteiger partial charge on any atom is -0.508 e. The van der Waals surface area contributed by atoms with E-state index in [1.54, 1.807) is 18.2 Å². The lowest BCUT2D eigenvalue weighted by molar-refractivity contribution is 0.0946. The predicted molar refractivity (Wildman–Crippen MR) is 75.5 cm³/mol. The molecule has 1 aromatic carbocycles. The number of piperidine rings is 1. The fourth-order valence-electron chi connectivity index (χ4n) is 2.51. The molecule has 0 atom stereocenters. The average molecular weight is 262 g/mol. The van der Waals surface area contributed by atoms with Crippen LogP contribution in [0.4, 0.5) is 0 Å². The number of phenolic OH excluding ortho intramolecular Hbond substituents is 1. The van der Waals surface area contributed by atoms with Gasteiger partial charge < -0.3 is 15.3 Å². The molecule has 2 rings (SSSR count). The molecule has 1 aromatic rings. The summed E-state index contributed by atoms with van der Waals surface area (Å²) in [6.07, 6.45) is 3.87. The molecule has 19 heavy (non-hydrogen) atoms. The summed E-state index contributed by atoms with van der Waals surface area (Å²) >= 11 is 0. The van der Waals surface area contributed by atoms with Crippen LogP contribution in [-0.4, -0.2) is 42.1 Å². The average Bonchev–Trinajstić information content (AvgIpc) is 2.39. The number of nitrogens with one attached hydrogen (secondary N) is 1. The van der Waals surface area contributed by atoms with Crippen LogP contribution < -0.4 is 5.32 Å². The molecular weight excluding hydrogens is 240 g/mol. The van der Waals surface area contributed by atoms with Crippen molar-refractivity contribution in [3.05, 3.63) is 29.3 Å². The first-order valence-electron chi connectivity index (χ1n) is 6.97. The van der Waals surface area contributed by atoms with Crippen molar-refractivity contribution in [2.24, 2.45) is 0 Å². The van der Waals surface area contributed by atoms with Crippen LogP contribution in [0.5, 0.6) is 5.75 Å². The largest absolute Gasteiger partial charge is 0.508 e. The molecule has 4 nitrogen and oxygen atoms in total. The molecule has 0 saturated carbocycles. The van der Waals surface area contributed by atoms with Crippen LogP contribution in [0.1, 0.15) is 35.2 Å². The van der Waals surface area contributed by atoms with Crippen LogP contribution in [0.2, 0.25) is 0 Å². The fraction of sp³-hybridized carbons (Fsp3) is 0.533. The summed E-state index contributed by atoms with van der Waals surface area (Å²) < 4.78 is 0. The molecule has 0 aliphatic carbocycles. The van der Waals surface area contributed by atoms with Gasteiger partial charge in [-0.2, -0.15) is 0 Å². The van der Waals surface area contributed by atoms with Crippen LogP contribution in [0.25, 0.3) is 0 Å². The summed E-state index contributed by atoms with van der Waals surface area (Å²) in [6.45, 7) is 5.73. The quantitative estimate of drug-likeness (QED) is 0.871. The van der Waals surface area contributed by atoms with E-state index in [2.05, 4.69) is 10.2 Å². The zero-order valence-electron chi connectivity index (χ0n) is 11.5. The number of aryl methyl sites for hydroxylation is 1. The van der Waals surface area contributed by atoms with E-state index in [0.717, 1.165) is 25.2 Å². The Morgan fingerprint density at radius 3 is 2.74 bits per heavy atom. The van der Waals surface area contributed by atoms with Gasteiger partial charge in [-0.1, -0.05) is 6.42 Å². The number of phenols is 1. The van der Waals surface area contributed by atoms with Gasteiger partial charge in [-0.3, -0.25) is 4.79 Å². The lowest BCUT2D eigenvalue weighted by atomic mass is 10.1. The van der Waals surface area contributed by atoms with Crippen LogP contribution in [0.15, 0.2) is 18.2 Å². The van der Waals surface area contributed by atoms with Crippen LogP contribution >= 0.6 is 0 Å². The fourth-order valence-corrected chi connectivity index (χ4v) is 2.51. The highest BCUT2D eigenvalue weighted by atomic mass is 16.3. The Balaban J connectivity index is 1.80. The first-order valence-corrected chi connectivity index (χ1v) is 6.97. The summed E-state index contributed by atoms with van der Waals surface area (Å²) in [7, 11) is 0. The molecule has 0 aromatic heterocycles. The first-order chi connectivity index (χ1) is 9.16. The van der Waals surface area contributed by atoms with Crippen molar-refractivity contribution in [3.63, 3.8) is 0 Å². The van der Waals surface area contributed by atoms with Gasteiger partial charge >= 0.3 is 0 Å². The third-order valence-corrected chi connectivity index (χ3v) is 3.62. The van der Waals surface area contributed by atoms with E-state index in [9.17, 15) is 9.90 Å². The van der Waals surface area contributed by atoms with Gasteiger partial charge in [0.1, 0.15) is 5.75 Å². The van der Waals surface area contributed by atoms with Crippen molar-refractivity contribution in [2.75, 3.05) is 26.2 Å². The van der Waals surface area contributed by atoms with E-state index in [1.807, 2.05) is 6.92 Å². The summed E-state index contributed by atoms with van der Waals surface area (Å²) in [6, 6.07) is 4.83. The Morgan fingerprint density at radius 1 is 1.32 bits per heavy atom. The monoisotopic (exact) mass is 262 g/mol. The second kappa shape index (κ2) is 6.57. The number of nitrogens with zero attached hydrogens (tertiary/aromatic N) is 1. The predicted octanol–water partition coefficient (Wildman–Crippen LogP) is 1.92. The van der Waals surface area contributed by atoms with Crippen molar-refractivity contribution < 1.29 is 9.90 Å². The van der Waals surface area contributed by atoms with Crippen molar-refractivity contribution in [1.29, 1.82) is 0 Å². The number of carbonyl (C=O) groups excluding carboxylic acids is 1. The lowest BCUT2D eigenvalue weighted by Gasteiger charge is -2.26. The zero-order valence-corrected chi connectivity index (χ0v) is 11.5. The van der Waals surface area contributed by atoms with Gasteiger partial charge in [-0.05, 0) is 56.6 Å².